The molecular formula is C22H23F3N4S. The molecule has 0 amide bonds. The number of thioether (sulfide) groups is 1. The van der Waals surface area contributed by atoms with Gasteiger partial charge in [0.05, 0.1) is 12.1 Å². The van der Waals surface area contributed by atoms with Crippen LogP contribution in [0.25, 0.3) is 5.69 Å². The molecule has 0 spiro atoms. The molecule has 8 heteroatoms. The van der Waals surface area contributed by atoms with E-state index in [1.54, 1.807) is 6.07 Å². The number of halogens is 3. The van der Waals surface area contributed by atoms with Gasteiger partial charge in [-0.05, 0) is 49.7 Å². The van der Waals surface area contributed by atoms with Gasteiger partial charge in [-0.1, -0.05) is 54.6 Å². The summed E-state index contributed by atoms with van der Waals surface area (Å²) in [5, 5.41) is 9.48. The van der Waals surface area contributed by atoms with Gasteiger partial charge in [-0.25, -0.2) is 0 Å². The van der Waals surface area contributed by atoms with Crippen molar-refractivity contribution in [3.05, 3.63) is 71.5 Å². The van der Waals surface area contributed by atoms with Gasteiger partial charge in [0.2, 0.25) is 0 Å². The summed E-state index contributed by atoms with van der Waals surface area (Å²) in [6.45, 7) is 2.81. The molecule has 0 bridgehead atoms. The highest BCUT2D eigenvalue weighted by Gasteiger charge is 2.30. The van der Waals surface area contributed by atoms with E-state index in [1.807, 2.05) is 34.9 Å². The summed E-state index contributed by atoms with van der Waals surface area (Å²) < 4.78 is 41.0. The third kappa shape index (κ3) is 5.05. The molecule has 30 heavy (non-hydrogen) atoms. The Labute approximate surface area is 178 Å². The molecule has 158 valence electrons. The maximum atomic E-state index is 13.0. The fraction of sp³-hybridized carbons (Fsp3) is 0.364. The van der Waals surface area contributed by atoms with E-state index in [9.17, 15) is 13.2 Å². The Balaban J connectivity index is 1.57. The van der Waals surface area contributed by atoms with Crippen molar-refractivity contribution < 1.29 is 13.2 Å². The number of benzene rings is 2. The first-order chi connectivity index (χ1) is 14.5. The van der Waals surface area contributed by atoms with E-state index >= 15 is 0 Å². The molecule has 1 aromatic heterocycles. The van der Waals surface area contributed by atoms with Crippen LogP contribution in [0.3, 0.4) is 0 Å². The van der Waals surface area contributed by atoms with Crippen molar-refractivity contribution in [1.82, 2.24) is 19.7 Å². The standard InChI is InChI=1S/C22H23F3N4S/c23-22(24,25)18-9-7-8-17(14-18)16-30-21-27-26-20(15-28-12-5-2-6-13-28)29(21)19-10-3-1-4-11-19/h1,3-4,7-11,14H,2,5-6,12-13,15-16H2. The minimum absolute atomic E-state index is 0.388. The van der Waals surface area contributed by atoms with Gasteiger partial charge in [-0.15, -0.1) is 10.2 Å². The Morgan fingerprint density at radius 2 is 1.67 bits per heavy atom. The summed E-state index contributed by atoms with van der Waals surface area (Å²) in [7, 11) is 0. The van der Waals surface area contributed by atoms with Gasteiger partial charge >= 0.3 is 6.18 Å². The van der Waals surface area contributed by atoms with E-state index in [4.69, 9.17) is 0 Å². The van der Waals surface area contributed by atoms with Gasteiger partial charge in [-0.3, -0.25) is 9.47 Å². The van der Waals surface area contributed by atoms with Gasteiger partial charge < -0.3 is 0 Å². The molecule has 0 atom stereocenters. The van der Waals surface area contributed by atoms with Crippen LogP contribution in [0, 0.1) is 0 Å². The predicted octanol–water partition coefficient (Wildman–Crippen LogP) is 5.56. The molecule has 2 heterocycles. The third-order valence-electron chi connectivity index (χ3n) is 5.15. The first kappa shape index (κ1) is 20.9. The van der Waals surface area contributed by atoms with E-state index in [-0.39, 0.29) is 0 Å². The van der Waals surface area contributed by atoms with Crippen LogP contribution < -0.4 is 0 Å². The topological polar surface area (TPSA) is 34.0 Å². The molecule has 0 aliphatic carbocycles. The summed E-state index contributed by atoms with van der Waals surface area (Å²) in [5.74, 6) is 1.24. The quantitative estimate of drug-likeness (QED) is 0.477. The van der Waals surface area contributed by atoms with Crippen LogP contribution in [-0.2, 0) is 18.5 Å². The molecule has 0 unspecified atom stereocenters. The van der Waals surface area contributed by atoms with E-state index < -0.39 is 11.7 Å². The molecule has 4 nitrogen and oxygen atoms in total. The monoisotopic (exact) mass is 432 g/mol. The summed E-state index contributed by atoms with van der Waals surface area (Å²) in [4.78, 5) is 2.38. The second kappa shape index (κ2) is 9.22. The molecule has 3 aromatic rings. The summed E-state index contributed by atoms with van der Waals surface area (Å²) >= 11 is 1.40. The van der Waals surface area contributed by atoms with Crippen LogP contribution in [-0.4, -0.2) is 32.8 Å². The van der Waals surface area contributed by atoms with E-state index in [0.29, 0.717) is 23.0 Å². The van der Waals surface area contributed by atoms with Gasteiger partial charge in [-0.2, -0.15) is 13.2 Å². The lowest BCUT2D eigenvalue weighted by atomic mass is 10.1. The SMILES string of the molecule is FC(F)(F)c1cccc(CSc2nnc(CN3CCCCC3)n2-c2ccccc2)c1. The zero-order chi connectivity index (χ0) is 21.0. The number of para-hydroxylation sites is 1. The van der Waals surface area contributed by atoms with Crippen molar-refractivity contribution in [2.45, 2.75) is 42.9 Å². The van der Waals surface area contributed by atoms with Gasteiger partial charge in [0.25, 0.3) is 0 Å². The van der Waals surface area contributed by atoms with E-state index in [1.165, 1.54) is 43.2 Å². The Kier molecular flexibility index (Phi) is 6.43. The first-order valence-electron chi connectivity index (χ1n) is 10.0. The third-order valence-corrected chi connectivity index (χ3v) is 6.15. The van der Waals surface area contributed by atoms with Crippen LogP contribution in [0.2, 0.25) is 0 Å². The number of aromatic nitrogens is 3. The highest BCUT2D eigenvalue weighted by atomic mass is 32.2. The van der Waals surface area contributed by atoms with E-state index in [2.05, 4.69) is 15.1 Å². The minimum Gasteiger partial charge on any atom is -0.296 e. The largest absolute Gasteiger partial charge is 0.416 e. The van der Waals surface area contributed by atoms with Crippen LogP contribution >= 0.6 is 11.8 Å². The minimum atomic E-state index is -4.34. The summed E-state index contributed by atoms with van der Waals surface area (Å²) in [6, 6.07) is 15.3. The van der Waals surface area contributed by atoms with Gasteiger partial charge in [0.1, 0.15) is 0 Å². The maximum Gasteiger partial charge on any atom is 0.416 e. The maximum absolute atomic E-state index is 13.0. The lowest BCUT2D eigenvalue weighted by molar-refractivity contribution is -0.137. The van der Waals surface area contributed by atoms with Crippen molar-refractivity contribution in [1.29, 1.82) is 0 Å². The number of hydrogen-bond donors (Lipinski definition) is 0. The molecule has 1 fully saturated rings. The van der Waals surface area contributed by atoms with Crippen molar-refractivity contribution in [2.75, 3.05) is 13.1 Å². The normalized spacial score (nSPS) is 15.4. The fourth-order valence-corrected chi connectivity index (χ4v) is 4.55. The highest BCUT2D eigenvalue weighted by Crippen LogP contribution is 2.31. The fourth-order valence-electron chi connectivity index (χ4n) is 3.64. The number of likely N-dealkylation sites (tertiary alicyclic amines) is 1. The average molecular weight is 433 g/mol. The summed E-state index contributed by atoms with van der Waals surface area (Å²) in [5.41, 5.74) is 0.937. The van der Waals surface area contributed by atoms with Gasteiger partial charge in [0.15, 0.2) is 11.0 Å². The zero-order valence-electron chi connectivity index (χ0n) is 16.5. The second-order valence-corrected chi connectivity index (χ2v) is 8.34. The number of nitrogens with zero attached hydrogens (tertiary/aromatic N) is 4. The van der Waals surface area contributed by atoms with Gasteiger partial charge in [0, 0.05) is 11.4 Å². The second-order valence-electron chi connectivity index (χ2n) is 7.39. The Morgan fingerprint density at radius 3 is 2.40 bits per heavy atom. The van der Waals surface area contributed by atoms with E-state index in [0.717, 1.165) is 30.7 Å². The molecule has 0 saturated carbocycles. The lowest BCUT2D eigenvalue weighted by Crippen LogP contribution is -2.30. The summed E-state index contributed by atoms with van der Waals surface area (Å²) in [6.07, 6.45) is -0.695. The number of hydrogen-bond acceptors (Lipinski definition) is 4. The molecule has 1 aliphatic rings. The average Bonchev–Trinajstić information content (AvgIpc) is 3.15. The first-order valence-corrected chi connectivity index (χ1v) is 11.0. The van der Waals surface area contributed by atoms with Crippen molar-refractivity contribution in [3.63, 3.8) is 0 Å². The van der Waals surface area contributed by atoms with Crippen molar-refractivity contribution in [3.8, 4) is 5.69 Å². The molecule has 0 radical (unpaired) electrons. The highest BCUT2D eigenvalue weighted by molar-refractivity contribution is 7.98. The van der Waals surface area contributed by atoms with Crippen LogP contribution in [0.1, 0.15) is 36.2 Å². The number of rotatable bonds is 6. The zero-order valence-corrected chi connectivity index (χ0v) is 17.3. The Bertz CT molecular complexity index is 966. The Hall–Kier alpha value is -2.32. The van der Waals surface area contributed by atoms with Crippen LogP contribution in [0.4, 0.5) is 13.2 Å². The molecule has 1 aliphatic heterocycles. The number of alkyl halides is 3. The predicted molar refractivity (Wildman–Crippen MR) is 111 cm³/mol. The molecule has 1 saturated heterocycles. The Morgan fingerprint density at radius 1 is 0.900 bits per heavy atom. The molecule has 2 aromatic carbocycles. The van der Waals surface area contributed by atoms with Crippen molar-refractivity contribution in [2.24, 2.45) is 0 Å². The molecule has 0 N–H and O–H groups in total. The lowest BCUT2D eigenvalue weighted by Gasteiger charge is -2.26. The molecule has 4 rings (SSSR count). The van der Waals surface area contributed by atoms with Crippen molar-refractivity contribution >= 4 is 11.8 Å². The smallest absolute Gasteiger partial charge is 0.296 e. The van der Waals surface area contributed by atoms with Crippen LogP contribution in [0.5, 0.6) is 0 Å². The van der Waals surface area contributed by atoms with Crippen LogP contribution in [0.15, 0.2) is 59.8 Å². The number of piperidine rings is 1. The molecular weight excluding hydrogens is 409 g/mol.